The molecule has 0 aliphatic heterocycles. The Kier molecular flexibility index (Phi) is 9.40. The minimum Gasteiger partial charge on any atom is -0.475 e. The first-order chi connectivity index (χ1) is 17.2. The number of alkyl halides is 3. The summed E-state index contributed by atoms with van der Waals surface area (Å²) in [7, 11) is 0. The summed E-state index contributed by atoms with van der Waals surface area (Å²) in [4.78, 5) is 36.4. The number of nitrogens with one attached hydrogen (secondary N) is 2. The number of aliphatic carboxylic acids is 1. The van der Waals surface area contributed by atoms with E-state index in [1.54, 1.807) is 0 Å². The van der Waals surface area contributed by atoms with Crippen molar-refractivity contribution in [2.24, 2.45) is 0 Å². The number of carbonyl (C=O) groups excluding carboxylic acids is 2. The zero-order chi connectivity index (χ0) is 27.8. The first-order valence-electron chi connectivity index (χ1n) is 9.78. The first-order valence-corrected chi connectivity index (χ1v) is 9.78. The summed E-state index contributed by atoms with van der Waals surface area (Å²) in [6.07, 6.45) is -3.96. The van der Waals surface area contributed by atoms with Crippen LogP contribution in [0, 0.1) is 17.5 Å². The predicted molar refractivity (Wildman–Crippen MR) is 116 cm³/mol. The van der Waals surface area contributed by atoms with Crippen molar-refractivity contribution in [2.75, 3.05) is 11.1 Å². The molecule has 0 bridgehead atoms. The van der Waals surface area contributed by atoms with Crippen molar-refractivity contribution < 1.29 is 50.6 Å². The quantitative estimate of drug-likeness (QED) is 0.358. The second-order valence-electron chi connectivity index (χ2n) is 6.90. The van der Waals surface area contributed by atoms with Gasteiger partial charge in [-0.15, -0.1) is 0 Å². The lowest BCUT2D eigenvalue weighted by Gasteiger charge is -2.11. The van der Waals surface area contributed by atoms with Gasteiger partial charge in [0, 0.05) is 30.1 Å². The monoisotopic (exact) mass is 530 g/mol. The number of carboxylic acids is 1. The van der Waals surface area contributed by atoms with E-state index in [-0.39, 0.29) is 23.7 Å². The van der Waals surface area contributed by atoms with Crippen molar-refractivity contribution in [3.63, 3.8) is 0 Å². The molecular weight excluding hydrogens is 514 g/mol. The van der Waals surface area contributed by atoms with Gasteiger partial charge in [-0.05, 0) is 23.8 Å². The van der Waals surface area contributed by atoms with Crippen molar-refractivity contribution >= 4 is 29.4 Å². The molecule has 3 amide bonds. The average molecular weight is 530 g/mol. The predicted octanol–water partition coefficient (Wildman–Crippen LogP) is 4.40. The standard InChI is InChI=1S/C20H15F3N4O3.C2HF3O2/c21-12-3-1-11(2-4-12)7-18(28)27-20(29)26-13-8-15(22)19(16(23)9-13)30-14-5-6-25-17(24)10-14;3-2(4,5)1(6)7/h1-6,8-10H,7H2,(H2,24,25)(H2,26,27,28,29);(H,6,7). The second kappa shape index (κ2) is 12.2. The largest absolute Gasteiger partial charge is 0.490 e. The molecule has 2 aromatic carbocycles. The number of imide groups is 1. The van der Waals surface area contributed by atoms with E-state index < -0.39 is 47.3 Å². The number of aromatic nitrogens is 1. The van der Waals surface area contributed by atoms with E-state index in [0.29, 0.717) is 5.56 Å². The molecule has 0 atom stereocenters. The summed E-state index contributed by atoms with van der Waals surface area (Å²) >= 11 is 0. The van der Waals surface area contributed by atoms with Crippen LogP contribution in [-0.2, 0) is 16.0 Å². The maximum atomic E-state index is 14.2. The summed E-state index contributed by atoms with van der Waals surface area (Å²) in [5, 5.41) is 11.3. The van der Waals surface area contributed by atoms with Gasteiger partial charge in [0.15, 0.2) is 17.4 Å². The van der Waals surface area contributed by atoms with Gasteiger partial charge in [-0.1, -0.05) is 12.1 Å². The van der Waals surface area contributed by atoms with Crippen LogP contribution in [0.4, 0.5) is 42.6 Å². The van der Waals surface area contributed by atoms with E-state index in [9.17, 15) is 35.9 Å². The maximum absolute atomic E-state index is 14.2. The Morgan fingerprint density at radius 3 is 2.05 bits per heavy atom. The number of rotatable bonds is 5. The zero-order valence-corrected chi connectivity index (χ0v) is 18.3. The third-order valence-electron chi connectivity index (χ3n) is 4.00. The number of amides is 3. The SMILES string of the molecule is Nc1cc(Oc2c(F)cc(NC(=O)NC(=O)Cc3ccc(F)cc3)cc2F)ccn1.O=C(O)C(F)(F)F. The lowest BCUT2D eigenvalue weighted by Crippen LogP contribution is -2.35. The van der Waals surface area contributed by atoms with Gasteiger partial charge in [0.05, 0.1) is 6.42 Å². The molecule has 9 nitrogen and oxygen atoms in total. The van der Waals surface area contributed by atoms with Gasteiger partial charge in [0.25, 0.3) is 0 Å². The number of hydrogen-bond acceptors (Lipinski definition) is 6. The molecule has 0 aliphatic carbocycles. The van der Waals surface area contributed by atoms with Crippen LogP contribution >= 0.6 is 0 Å². The number of hydrogen-bond donors (Lipinski definition) is 4. The lowest BCUT2D eigenvalue weighted by atomic mass is 10.1. The second-order valence-corrected chi connectivity index (χ2v) is 6.90. The van der Waals surface area contributed by atoms with Gasteiger partial charge in [0.1, 0.15) is 17.4 Å². The maximum Gasteiger partial charge on any atom is 0.490 e. The zero-order valence-electron chi connectivity index (χ0n) is 18.3. The van der Waals surface area contributed by atoms with Crippen molar-refractivity contribution in [3.05, 3.63) is 77.7 Å². The molecule has 1 aromatic heterocycles. The van der Waals surface area contributed by atoms with Gasteiger partial charge in [0.2, 0.25) is 5.91 Å². The summed E-state index contributed by atoms with van der Waals surface area (Å²) < 4.78 is 78.2. The Bertz CT molecular complexity index is 1260. The van der Waals surface area contributed by atoms with Crippen molar-refractivity contribution in [1.82, 2.24) is 10.3 Å². The van der Waals surface area contributed by atoms with Crippen molar-refractivity contribution in [2.45, 2.75) is 12.6 Å². The van der Waals surface area contributed by atoms with Crippen LogP contribution in [0.25, 0.3) is 0 Å². The molecule has 0 unspecified atom stereocenters. The number of nitrogens with two attached hydrogens (primary N) is 1. The Labute approximate surface area is 203 Å². The van der Waals surface area contributed by atoms with E-state index in [1.165, 1.54) is 42.6 Å². The number of halogens is 6. The molecule has 0 saturated heterocycles. The fraction of sp³-hybridized carbons (Fsp3) is 0.0909. The van der Waals surface area contributed by atoms with E-state index in [2.05, 4.69) is 10.3 Å². The molecule has 15 heteroatoms. The van der Waals surface area contributed by atoms with Crippen LogP contribution in [0.2, 0.25) is 0 Å². The van der Waals surface area contributed by atoms with Crippen molar-refractivity contribution in [1.29, 1.82) is 0 Å². The number of carbonyl (C=O) groups is 3. The van der Waals surface area contributed by atoms with Gasteiger partial charge in [-0.2, -0.15) is 13.2 Å². The molecule has 0 radical (unpaired) electrons. The molecule has 0 saturated carbocycles. The minimum atomic E-state index is -5.08. The van der Waals surface area contributed by atoms with E-state index in [0.717, 1.165) is 12.1 Å². The Morgan fingerprint density at radius 2 is 1.54 bits per heavy atom. The number of anilines is 2. The van der Waals surface area contributed by atoms with Gasteiger partial charge in [-0.3, -0.25) is 10.1 Å². The molecule has 0 spiro atoms. The van der Waals surface area contributed by atoms with Crippen LogP contribution in [0.15, 0.2) is 54.7 Å². The molecule has 0 aliphatic rings. The van der Waals surface area contributed by atoms with E-state index in [1.807, 2.05) is 5.32 Å². The van der Waals surface area contributed by atoms with Crippen LogP contribution < -0.4 is 21.1 Å². The fourth-order valence-corrected chi connectivity index (χ4v) is 2.46. The number of pyridine rings is 1. The van der Waals surface area contributed by atoms with Crippen LogP contribution in [0.3, 0.4) is 0 Å². The molecule has 5 N–H and O–H groups in total. The summed E-state index contributed by atoms with van der Waals surface area (Å²) in [5.41, 5.74) is 5.73. The first kappa shape index (κ1) is 28.4. The number of nitrogen functional groups attached to an aromatic ring is 1. The molecule has 1 heterocycles. The van der Waals surface area contributed by atoms with Gasteiger partial charge < -0.3 is 20.9 Å². The summed E-state index contributed by atoms with van der Waals surface area (Å²) in [6.45, 7) is 0. The molecule has 3 aromatic rings. The number of benzene rings is 2. The number of nitrogens with zero attached hydrogens (tertiary/aromatic N) is 1. The Balaban J connectivity index is 0.000000604. The highest BCUT2D eigenvalue weighted by atomic mass is 19.4. The molecule has 196 valence electrons. The highest BCUT2D eigenvalue weighted by Crippen LogP contribution is 2.30. The smallest absolute Gasteiger partial charge is 0.475 e. The third kappa shape index (κ3) is 9.39. The summed E-state index contributed by atoms with van der Waals surface area (Å²) in [6, 6.07) is 8.46. The molecule has 0 fully saturated rings. The molecular formula is C22H16F6N4O5. The van der Waals surface area contributed by atoms with Crippen LogP contribution in [0.5, 0.6) is 11.5 Å². The van der Waals surface area contributed by atoms with Gasteiger partial charge >= 0.3 is 18.2 Å². The average Bonchev–Trinajstić information content (AvgIpc) is 2.77. The highest BCUT2D eigenvalue weighted by molar-refractivity contribution is 6.01. The fourth-order valence-electron chi connectivity index (χ4n) is 2.46. The normalized spacial score (nSPS) is 10.5. The Morgan fingerprint density at radius 1 is 0.973 bits per heavy atom. The highest BCUT2D eigenvalue weighted by Gasteiger charge is 2.38. The minimum absolute atomic E-state index is 0.0742. The van der Waals surface area contributed by atoms with Gasteiger partial charge in [-0.25, -0.2) is 27.7 Å². The molecule has 3 rings (SSSR count). The van der Waals surface area contributed by atoms with Crippen molar-refractivity contribution in [3.8, 4) is 11.5 Å². The Hall–Kier alpha value is -4.82. The third-order valence-corrected chi connectivity index (χ3v) is 4.00. The van der Waals surface area contributed by atoms with E-state index >= 15 is 0 Å². The number of urea groups is 1. The van der Waals surface area contributed by atoms with Crippen LogP contribution in [-0.4, -0.2) is 34.2 Å². The van der Waals surface area contributed by atoms with Crippen LogP contribution in [0.1, 0.15) is 5.56 Å². The van der Waals surface area contributed by atoms with E-state index in [4.69, 9.17) is 20.4 Å². The molecule has 37 heavy (non-hydrogen) atoms. The number of carboxylic acid groups (broad SMARTS) is 1. The topological polar surface area (TPSA) is 144 Å². The lowest BCUT2D eigenvalue weighted by molar-refractivity contribution is -0.192. The number of ether oxygens (including phenoxy) is 1. The summed E-state index contributed by atoms with van der Waals surface area (Å²) in [5.74, 6) is -6.59.